The molecule has 133 heavy (non-hydrogen) atoms. The van der Waals surface area contributed by atoms with E-state index in [-0.39, 0.29) is 192 Å². The van der Waals surface area contributed by atoms with E-state index in [0.29, 0.717) is 100 Å². The second-order valence-corrected chi connectivity index (χ2v) is 30.9. The Hall–Kier alpha value is -14.8. The van der Waals surface area contributed by atoms with Gasteiger partial charge < -0.3 is 122 Å². The highest BCUT2D eigenvalue weighted by molar-refractivity contribution is 6.03. The zero-order valence-corrected chi connectivity index (χ0v) is 74.6. The smallest absolute Gasteiger partial charge is 0.336 e. The summed E-state index contributed by atoms with van der Waals surface area (Å²) in [7, 11) is 5.57. The number of aromatic carboxylic acids is 1. The summed E-state index contributed by atoms with van der Waals surface area (Å²) in [4.78, 5) is 161. The number of nitrogens with one attached hydrogen (secondary N) is 9. The van der Waals surface area contributed by atoms with Crippen molar-refractivity contribution in [2.45, 2.75) is 127 Å². The molecule has 0 spiro atoms. The van der Waals surface area contributed by atoms with Gasteiger partial charge in [0.05, 0.1) is 60.4 Å². The van der Waals surface area contributed by atoms with E-state index in [1.165, 1.54) is 126 Å². The molecule has 0 radical (unpaired) electrons. The van der Waals surface area contributed by atoms with Crippen LogP contribution in [-0.4, -0.2) is 226 Å². The number of carbonyl (C=O) groups excluding carboxylic acids is 11. The van der Waals surface area contributed by atoms with Gasteiger partial charge in [-0.25, -0.2) is 4.79 Å². The molecule has 36 nitrogen and oxygen atoms in total. The van der Waals surface area contributed by atoms with E-state index in [2.05, 4.69) is 54.4 Å². The summed E-state index contributed by atoms with van der Waals surface area (Å²) in [6, 6.07) is 27.4. The number of hydrogen-bond donors (Lipinski definition) is 16. The molecule has 10 amide bonds. The lowest BCUT2D eigenvalue weighted by Crippen LogP contribution is -2.56. The van der Waals surface area contributed by atoms with Crippen LogP contribution in [-0.2, 0) is 68.6 Å². The number of phenols is 5. The Morgan fingerprint density at radius 3 is 1.51 bits per heavy atom. The van der Waals surface area contributed by atoms with Gasteiger partial charge in [-0.2, -0.15) is 0 Å². The van der Waals surface area contributed by atoms with Gasteiger partial charge in [0.15, 0.2) is 51.8 Å². The third-order valence-electron chi connectivity index (χ3n) is 21.0. The van der Waals surface area contributed by atoms with Crippen LogP contribution in [0.25, 0.3) is 30.4 Å². The molecule has 710 valence electrons. The number of allylic oxidation sites excluding steroid dienone is 1. The van der Waals surface area contributed by atoms with Crippen LogP contribution in [0.4, 0.5) is 0 Å². The van der Waals surface area contributed by atoms with Crippen LogP contribution in [0.15, 0.2) is 146 Å². The molecule has 0 saturated heterocycles. The van der Waals surface area contributed by atoms with Gasteiger partial charge in [-0.05, 0) is 207 Å². The Bertz CT molecular complexity index is 5450. The van der Waals surface area contributed by atoms with Crippen molar-refractivity contribution in [2.24, 2.45) is 5.73 Å². The van der Waals surface area contributed by atoms with Crippen molar-refractivity contribution in [3.63, 3.8) is 0 Å². The van der Waals surface area contributed by atoms with E-state index in [4.69, 9.17) is 43.6 Å². The number of nitrogens with two attached hydrogens (primary N) is 1. The molecule has 17 N–H and O–H groups in total. The maximum atomic E-state index is 14.9. The minimum absolute atomic E-state index is 0.00927. The normalized spacial score (nSPS) is 12.3. The fourth-order valence-electron chi connectivity index (χ4n) is 13.9. The monoisotopic (exact) mass is 1840 g/mol. The molecule has 8 rings (SSSR count). The number of amides is 10. The second kappa shape index (κ2) is 54.6. The number of phenolic OH excluding ortho intramolecular Hbond substituents is 5. The molecule has 0 bridgehead atoms. The quantitative estimate of drug-likeness (QED) is 0.0149. The van der Waals surface area contributed by atoms with Crippen LogP contribution >= 0.6 is 0 Å². The lowest BCUT2D eigenvalue weighted by atomic mass is 9.88. The molecule has 1 aliphatic rings. The van der Waals surface area contributed by atoms with E-state index in [0.717, 1.165) is 5.56 Å². The van der Waals surface area contributed by atoms with E-state index in [1.807, 2.05) is 0 Å². The maximum absolute atomic E-state index is 14.9. The molecule has 7 aromatic carbocycles. The van der Waals surface area contributed by atoms with Crippen LogP contribution < -0.4 is 87.7 Å². The fraction of sp³-hybridized carbons (Fsp3) is 0.361. The molecule has 0 fully saturated rings. The molecular formula is C97H116N10O26. The summed E-state index contributed by atoms with van der Waals surface area (Å²) in [5, 5.41) is 86.8. The molecule has 4 atom stereocenters. The van der Waals surface area contributed by atoms with E-state index in [1.54, 1.807) is 66.7 Å². The first-order valence-corrected chi connectivity index (χ1v) is 43.4. The fourth-order valence-corrected chi connectivity index (χ4v) is 13.9. The number of benzene rings is 7. The molecule has 1 aliphatic heterocycles. The van der Waals surface area contributed by atoms with Gasteiger partial charge in [0.1, 0.15) is 54.6 Å². The number of unbranched alkanes of at least 4 members (excludes halogenated alkanes) is 5. The van der Waals surface area contributed by atoms with Crippen molar-refractivity contribution < 1.29 is 126 Å². The Morgan fingerprint density at radius 1 is 0.421 bits per heavy atom. The number of aromatic hydroxyl groups is 5. The van der Waals surface area contributed by atoms with Gasteiger partial charge in [-0.1, -0.05) is 68.0 Å². The summed E-state index contributed by atoms with van der Waals surface area (Å²) in [6.45, 7) is 3.39. The largest absolute Gasteiger partial charge is 0.508 e. The van der Waals surface area contributed by atoms with Crippen LogP contribution in [0.5, 0.6) is 63.2 Å². The first-order chi connectivity index (χ1) is 64.0. The highest BCUT2D eigenvalue weighted by Crippen LogP contribution is 2.40. The number of methoxy groups -OCH3 is 4. The van der Waals surface area contributed by atoms with Gasteiger partial charge in [-0.3, -0.25) is 52.7 Å². The van der Waals surface area contributed by atoms with Crippen molar-refractivity contribution in [3.8, 4) is 63.2 Å². The van der Waals surface area contributed by atoms with Gasteiger partial charge >= 0.3 is 5.97 Å². The van der Waals surface area contributed by atoms with Gasteiger partial charge in [0.2, 0.25) is 53.2 Å². The third-order valence-corrected chi connectivity index (χ3v) is 21.0. The van der Waals surface area contributed by atoms with Crippen molar-refractivity contribution >= 4 is 101 Å². The molecular weight excluding hydrogens is 1720 g/mol. The Morgan fingerprint density at radius 2 is 0.925 bits per heavy atom. The molecule has 7 aromatic rings. The number of ether oxygens (including phenoxy) is 8. The number of hydrogen-bond acceptors (Lipinski definition) is 25. The second-order valence-electron chi connectivity index (χ2n) is 30.9. The number of primary amides is 1. The van der Waals surface area contributed by atoms with Crippen LogP contribution in [0.3, 0.4) is 0 Å². The zero-order valence-electron chi connectivity index (χ0n) is 74.6. The molecule has 36 heteroatoms. The lowest BCUT2D eigenvalue weighted by molar-refractivity contribution is -0.133. The number of aryl methyl sites for hydroxylation is 1. The van der Waals surface area contributed by atoms with Gasteiger partial charge in [0.25, 0.3) is 5.91 Å². The van der Waals surface area contributed by atoms with Crippen molar-refractivity contribution in [1.29, 1.82) is 0 Å². The Balaban J connectivity index is 0.817. The molecule has 0 aliphatic carbocycles. The SMILES string of the molecule is C=c1ccc2c(c1)Oc1cc(O)ccc1C=2c1ccc(C(=O)NCCCCC(NC(=O)COCC(=O)NCCOCCOCCNC(=O)C(CCCCNC(=O)/C=C/c2ccc(O)c(OC)c2)NC(=O)C(CCCCCC(=O)/C=C/c2ccc(O)c(OC)c2)NC(=O)C(CCCCNC(=O)CCc2ccc(O)c(OC)c2)NC(=O)/C=C/c2ccc(O)c(OC)c2)C(N)=O)cc1C(=O)O. The number of carbonyl (C=O) groups is 12. The number of rotatable bonds is 58. The molecule has 4 unspecified atom stereocenters. The maximum Gasteiger partial charge on any atom is 0.336 e. The summed E-state index contributed by atoms with van der Waals surface area (Å²) in [5.41, 5.74) is 9.26. The van der Waals surface area contributed by atoms with Crippen molar-refractivity contribution in [3.05, 3.63) is 201 Å². The zero-order chi connectivity index (χ0) is 96.1. The highest BCUT2D eigenvalue weighted by atomic mass is 16.5. The predicted molar refractivity (Wildman–Crippen MR) is 492 cm³/mol. The minimum atomic E-state index is -1.34. The first kappa shape index (κ1) is 104. The van der Waals surface area contributed by atoms with Crippen molar-refractivity contribution in [1.82, 2.24) is 47.9 Å². The highest BCUT2D eigenvalue weighted by Gasteiger charge is 2.31. The average Bonchev–Trinajstić information content (AvgIpc) is 0.745. The summed E-state index contributed by atoms with van der Waals surface area (Å²) in [6.07, 6.45) is 12.1. The van der Waals surface area contributed by atoms with Crippen molar-refractivity contribution in [2.75, 3.05) is 101 Å². The van der Waals surface area contributed by atoms with E-state index in [9.17, 15) is 88.2 Å². The topological polar surface area (TPSA) is 534 Å². The van der Waals surface area contributed by atoms with Crippen LogP contribution in [0, 0.1) is 0 Å². The number of carboxylic acid groups (broad SMARTS) is 1. The number of ketones is 1. The summed E-state index contributed by atoms with van der Waals surface area (Å²) < 4.78 is 43.4. The van der Waals surface area contributed by atoms with Crippen LogP contribution in [0.2, 0.25) is 0 Å². The van der Waals surface area contributed by atoms with Gasteiger partial charge in [0, 0.05) is 85.7 Å². The number of fused-ring (bicyclic) bond motifs is 2. The first-order valence-electron chi connectivity index (χ1n) is 43.4. The molecule has 1 heterocycles. The van der Waals surface area contributed by atoms with Crippen LogP contribution in [0.1, 0.15) is 150 Å². The van der Waals surface area contributed by atoms with E-state index < -0.39 is 96.5 Å². The Labute approximate surface area is 768 Å². The number of carboxylic acids is 1. The lowest BCUT2D eigenvalue weighted by Gasteiger charge is -2.25. The molecule has 0 saturated carbocycles. The summed E-state index contributed by atoms with van der Waals surface area (Å²) in [5.74, 6) is -6.63. The van der Waals surface area contributed by atoms with E-state index >= 15 is 0 Å². The minimum Gasteiger partial charge on any atom is -0.508 e. The predicted octanol–water partition coefficient (Wildman–Crippen LogP) is 6.18. The Kier molecular flexibility index (Phi) is 42.6. The standard InChI is InChI=1S/C97H116N10O26/c1-60-20-32-69-80(51-60)133-81-57-67(109)31-34-70(81)91(69)68-33-29-65(56-71(68)97(124)125)93(120)102-44-14-9-16-72(92(98)119)104-90(118)59-132-58-89(117)101-45-47-130-49-50-131-48-46-103-94(121)73(18-10-12-42-99-86(114)39-26-62-23-36-77(111)83(53-62)127-3)106-96(123)75(17-8-6-7-15-66(108)30-21-61-22-35-76(110)82(52-61)126-2)107-95(122)74(105-88(116)41-28-64-25-38-79(113)85(55-64)129-5)19-11-13-43-100-87(115)40-27-63-24-37-78(112)84(54-63)128-4/h20-26,28-39,41,51-57,72-75,109-113H,1,6-19,27,40,42-50,58-59H2,2-5H3,(H2,98,119)(H,99,114)(H,100,115)(H,101,117)(H,102,120)(H,103,121)(H,104,118)(H,105,116)(H,106,123)(H,107,122)(H,124,125)/b30-21+,39-26+,41-28+. The third kappa shape index (κ3) is 34.9. The average molecular weight is 1840 g/mol. The molecule has 0 aromatic heterocycles. The van der Waals surface area contributed by atoms with Gasteiger partial charge in [-0.15, -0.1) is 0 Å². The summed E-state index contributed by atoms with van der Waals surface area (Å²) >= 11 is 0.